The Kier molecular flexibility index (Phi) is 5.91. The van der Waals surface area contributed by atoms with E-state index in [1.807, 2.05) is 0 Å². The molecule has 1 aliphatic heterocycles. The molecule has 1 aliphatic rings. The van der Waals surface area contributed by atoms with E-state index in [-0.39, 0.29) is 28.2 Å². The fraction of sp³-hybridized carbons (Fsp3) is 0.278. The van der Waals surface area contributed by atoms with Crippen LogP contribution in [0.2, 0.25) is 15.1 Å². The lowest BCUT2D eigenvalue weighted by atomic mass is 9.99. The number of rotatable bonds is 5. The molecule has 0 saturated carbocycles. The number of anilines is 1. The van der Waals surface area contributed by atoms with E-state index in [0.29, 0.717) is 35.7 Å². The predicted molar refractivity (Wildman–Crippen MR) is 108 cm³/mol. The second kappa shape index (κ2) is 7.87. The van der Waals surface area contributed by atoms with Gasteiger partial charge in [-0.1, -0.05) is 34.8 Å². The van der Waals surface area contributed by atoms with Crippen LogP contribution in [0.3, 0.4) is 0 Å². The third kappa shape index (κ3) is 4.51. The SMILES string of the molecule is CS(=O)(=O)N1CCCc2cc(C(=O)COc3cc(Cl)c(Cl)cc3Cl)ccc21. The zero-order valence-corrected chi connectivity index (χ0v) is 17.4. The average molecular weight is 449 g/mol. The maximum absolute atomic E-state index is 12.5. The summed E-state index contributed by atoms with van der Waals surface area (Å²) in [5.74, 6) is 0.0112. The molecular weight excluding hydrogens is 433 g/mol. The number of hydrogen-bond donors (Lipinski definition) is 0. The molecule has 27 heavy (non-hydrogen) atoms. The Labute approximate surface area is 172 Å². The first kappa shape index (κ1) is 20.3. The third-order valence-electron chi connectivity index (χ3n) is 4.21. The van der Waals surface area contributed by atoms with Crippen LogP contribution in [0.25, 0.3) is 0 Å². The monoisotopic (exact) mass is 447 g/mol. The molecule has 1 heterocycles. The van der Waals surface area contributed by atoms with Crippen molar-refractivity contribution in [3.8, 4) is 5.75 Å². The lowest BCUT2D eigenvalue weighted by Crippen LogP contribution is -2.34. The standard InChI is InChI=1S/C18H16Cl3NO4S/c1-27(24,25)22-6-2-3-11-7-12(4-5-16(11)22)17(23)10-26-18-9-14(20)13(19)8-15(18)21/h4-5,7-9H,2-3,6,10H2,1H3. The number of halogens is 3. The molecule has 3 rings (SSSR count). The van der Waals surface area contributed by atoms with Crippen molar-refractivity contribution in [2.24, 2.45) is 0 Å². The number of nitrogens with zero attached hydrogens (tertiary/aromatic N) is 1. The van der Waals surface area contributed by atoms with Gasteiger partial charge in [-0.3, -0.25) is 9.10 Å². The minimum Gasteiger partial charge on any atom is -0.484 e. The van der Waals surface area contributed by atoms with E-state index in [9.17, 15) is 13.2 Å². The van der Waals surface area contributed by atoms with Gasteiger partial charge < -0.3 is 4.74 Å². The predicted octanol–water partition coefficient (Wildman–Crippen LogP) is 4.62. The average Bonchev–Trinajstić information content (AvgIpc) is 2.61. The van der Waals surface area contributed by atoms with Crippen molar-refractivity contribution in [2.45, 2.75) is 12.8 Å². The molecule has 144 valence electrons. The Balaban J connectivity index is 1.78. The number of benzene rings is 2. The molecule has 0 fully saturated rings. The number of fused-ring (bicyclic) bond motifs is 1. The van der Waals surface area contributed by atoms with Crippen molar-refractivity contribution in [2.75, 3.05) is 23.7 Å². The molecule has 0 saturated heterocycles. The lowest BCUT2D eigenvalue weighted by Gasteiger charge is -2.29. The largest absolute Gasteiger partial charge is 0.484 e. The maximum Gasteiger partial charge on any atom is 0.232 e. The van der Waals surface area contributed by atoms with Gasteiger partial charge in [-0.2, -0.15) is 0 Å². The highest BCUT2D eigenvalue weighted by Crippen LogP contribution is 2.34. The molecule has 0 aromatic heterocycles. The second-order valence-corrected chi connectivity index (χ2v) is 9.32. The first-order chi connectivity index (χ1) is 12.7. The molecule has 0 unspecified atom stereocenters. The second-order valence-electron chi connectivity index (χ2n) is 6.19. The van der Waals surface area contributed by atoms with Crippen LogP contribution >= 0.6 is 34.8 Å². The molecule has 0 amide bonds. The van der Waals surface area contributed by atoms with E-state index in [1.165, 1.54) is 22.7 Å². The van der Waals surface area contributed by atoms with Crippen LogP contribution < -0.4 is 9.04 Å². The number of hydrogen-bond acceptors (Lipinski definition) is 4. The molecule has 0 bridgehead atoms. The number of Topliss-reactive ketones (excluding diaryl/α,β-unsaturated/α-hetero) is 1. The van der Waals surface area contributed by atoms with Gasteiger partial charge in [0.1, 0.15) is 5.75 Å². The summed E-state index contributed by atoms with van der Waals surface area (Å²) in [6.07, 6.45) is 2.59. The smallest absolute Gasteiger partial charge is 0.232 e. The van der Waals surface area contributed by atoms with Crippen LogP contribution in [-0.2, 0) is 16.4 Å². The molecule has 0 aliphatic carbocycles. The maximum atomic E-state index is 12.5. The van der Waals surface area contributed by atoms with Crippen molar-refractivity contribution < 1.29 is 17.9 Å². The van der Waals surface area contributed by atoms with E-state index in [1.54, 1.807) is 18.2 Å². The summed E-state index contributed by atoms with van der Waals surface area (Å²) in [5, 5.41) is 0.829. The van der Waals surface area contributed by atoms with E-state index >= 15 is 0 Å². The number of carbonyl (C=O) groups excluding carboxylic acids is 1. The fourth-order valence-corrected chi connectivity index (χ4v) is 4.51. The highest BCUT2D eigenvalue weighted by Gasteiger charge is 2.24. The van der Waals surface area contributed by atoms with Crippen molar-refractivity contribution in [1.82, 2.24) is 0 Å². The molecule has 0 spiro atoms. The summed E-state index contributed by atoms with van der Waals surface area (Å²) >= 11 is 17.9. The van der Waals surface area contributed by atoms with Crippen molar-refractivity contribution in [1.29, 1.82) is 0 Å². The van der Waals surface area contributed by atoms with E-state index in [4.69, 9.17) is 39.5 Å². The van der Waals surface area contributed by atoms with Crippen molar-refractivity contribution in [3.05, 3.63) is 56.5 Å². The Morgan fingerprint density at radius 3 is 2.52 bits per heavy atom. The van der Waals surface area contributed by atoms with Gasteiger partial charge in [0, 0.05) is 18.2 Å². The minimum absolute atomic E-state index is 0.230. The Morgan fingerprint density at radius 1 is 1.11 bits per heavy atom. The Morgan fingerprint density at radius 2 is 1.81 bits per heavy atom. The molecule has 2 aromatic carbocycles. The van der Waals surface area contributed by atoms with Crippen LogP contribution in [0, 0.1) is 0 Å². The van der Waals surface area contributed by atoms with Gasteiger partial charge in [-0.15, -0.1) is 0 Å². The summed E-state index contributed by atoms with van der Waals surface area (Å²) in [5.41, 5.74) is 1.89. The third-order valence-corrected chi connectivity index (χ3v) is 6.41. The first-order valence-electron chi connectivity index (χ1n) is 8.08. The molecule has 0 radical (unpaired) electrons. The van der Waals surface area contributed by atoms with Crippen LogP contribution in [0.5, 0.6) is 5.75 Å². The van der Waals surface area contributed by atoms with Gasteiger partial charge in [-0.25, -0.2) is 8.42 Å². The summed E-state index contributed by atoms with van der Waals surface area (Å²) < 4.78 is 30.7. The summed E-state index contributed by atoms with van der Waals surface area (Å²) in [7, 11) is -3.35. The van der Waals surface area contributed by atoms with Crippen LogP contribution in [-0.4, -0.2) is 33.6 Å². The Hall–Kier alpha value is -1.47. The zero-order valence-electron chi connectivity index (χ0n) is 14.3. The van der Waals surface area contributed by atoms with Gasteiger partial charge in [0.15, 0.2) is 12.4 Å². The van der Waals surface area contributed by atoms with Crippen LogP contribution in [0.4, 0.5) is 5.69 Å². The molecular formula is C18H16Cl3NO4S. The fourth-order valence-electron chi connectivity index (χ4n) is 2.92. The van der Waals surface area contributed by atoms with E-state index in [0.717, 1.165) is 5.56 Å². The number of aryl methyl sites for hydroxylation is 1. The van der Waals surface area contributed by atoms with Gasteiger partial charge in [-0.05, 0) is 42.7 Å². The normalized spacial score (nSPS) is 14.0. The lowest BCUT2D eigenvalue weighted by molar-refractivity contribution is 0.0921. The topological polar surface area (TPSA) is 63.7 Å². The van der Waals surface area contributed by atoms with Crippen molar-refractivity contribution in [3.63, 3.8) is 0 Å². The van der Waals surface area contributed by atoms with Gasteiger partial charge >= 0.3 is 0 Å². The number of ketones is 1. The highest BCUT2D eigenvalue weighted by molar-refractivity contribution is 7.92. The number of ether oxygens (including phenoxy) is 1. The molecule has 5 nitrogen and oxygen atoms in total. The quantitative estimate of drug-likeness (QED) is 0.494. The number of carbonyl (C=O) groups is 1. The van der Waals surface area contributed by atoms with E-state index < -0.39 is 10.0 Å². The minimum atomic E-state index is -3.35. The Bertz CT molecular complexity index is 1010. The van der Waals surface area contributed by atoms with Crippen LogP contribution in [0.15, 0.2) is 30.3 Å². The summed E-state index contributed by atoms with van der Waals surface area (Å²) in [6.45, 7) is 0.213. The van der Waals surface area contributed by atoms with Crippen LogP contribution in [0.1, 0.15) is 22.3 Å². The molecule has 2 aromatic rings. The summed E-state index contributed by atoms with van der Waals surface area (Å²) in [4.78, 5) is 12.5. The number of sulfonamides is 1. The summed E-state index contributed by atoms with van der Waals surface area (Å²) in [6, 6.07) is 7.88. The molecule has 0 atom stereocenters. The zero-order chi connectivity index (χ0) is 19.8. The van der Waals surface area contributed by atoms with Gasteiger partial charge in [0.25, 0.3) is 0 Å². The first-order valence-corrected chi connectivity index (χ1v) is 11.1. The highest BCUT2D eigenvalue weighted by atomic mass is 35.5. The van der Waals surface area contributed by atoms with Crippen molar-refractivity contribution >= 4 is 56.3 Å². The molecule has 0 N–H and O–H groups in total. The van der Waals surface area contributed by atoms with Gasteiger partial charge in [0.2, 0.25) is 10.0 Å². The van der Waals surface area contributed by atoms with Gasteiger partial charge in [0.05, 0.1) is 27.0 Å². The van der Waals surface area contributed by atoms with E-state index in [2.05, 4.69) is 0 Å². The molecule has 9 heteroatoms.